The lowest BCUT2D eigenvalue weighted by atomic mass is 10.1. The number of carbonyl (C=O) groups excluding carboxylic acids is 1. The molecule has 0 bridgehead atoms. The minimum absolute atomic E-state index is 0.326. The van der Waals surface area contributed by atoms with Crippen LogP contribution in [-0.2, 0) is 9.53 Å². The van der Waals surface area contributed by atoms with Crippen LogP contribution in [0.4, 0.5) is 8.78 Å². The van der Waals surface area contributed by atoms with E-state index in [1.807, 2.05) is 15.9 Å². The molecule has 14 heavy (non-hydrogen) atoms. The summed E-state index contributed by atoms with van der Waals surface area (Å²) in [5.41, 5.74) is 0. The fourth-order valence-electron chi connectivity index (χ4n) is 1.58. The van der Waals surface area contributed by atoms with E-state index in [4.69, 9.17) is 4.74 Å². The first-order valence-corrected chi connectivity index (χ1v) is 5.57. The number of rotatable bonds is 2. The standard InChI is InChI=1S/C9H13BrF2O2/c10-9(11,12)8(13)14-7-5-3-1-2-4-6-7/h7H,1-6H2. The topological polar surface area (TPSA) is 26.3 Å². The van der Waals surface area contributed by atoms with E-state index < -0.39 is 10.8 Å². The van der Waals surface area contributed by atoms with Crippen molar-refractivity contribution in [2.24, 2.45) is 0 Å². The Balaban J connectivity index is 2.38. The summed E-state index contributed by atoms with van der Waals surface area (Å²) < 4.78 is 29.5. The summed E-state index contributed by atoms with van der Waals surface area (Å²) in [6.45, 7) is 0. The molecule has 0 N–H and O–H groups in total. The fraction of sp³-hybridized carbons (Fsp3) is 0.889. The lowest BCUT2D eigenvalue weighted by Crippen LogP contribution is -2.28. The highest BCUT2D eigenvalue weighted by atomic mass is 79.9. The summed E-state index contributed by atoms with van der Waals surface area (Å²) in [5.74, 6) is -1.47. The summed E-state index contributed by atoms with van der Waals surface area (Å²) in [5, 5.41) is 0. The molecule has 5 heteroatoms. The minimum atomic E-state index is -3.54. The van der Waals surface area contributed by atoms with Gasteiger partial charge in [0.2, 0.25) is 0 Å². The van der Waals surface area contributed by atoms with Crippen molar-refractivity contribution >= 4 is 21.9 Å². The molecule has 82 valence electrons. The molecule has 0 aromatic carbocycles. The Morgan fingerprint density at radius 1 is 1.21 bits per heavy atom. The highest BCUT2D eigenvalue weighted by Crippen LogP contribution is 2.27. The summed E-state index contributed by atoms with van der Waals surface area (Å²) in [6, 6.07) is 0. The van der Waals surface area contributed by atoms with Gasteiger partial charge in [-0.3, -0.25) is 0 Å². The van der Waals surface area contributed by atoms with Crippen molar-refractivity contribution in [1.29, 1.82) is 0 Å². The lowest BCUT2D eigenvalue weighted by molar-refractivity contribution is -0.165. The van der Waals surface area contributed by atoms with E-state index in [1.165, 1.54) is 0 Å². The average Bonchev–Trinajstić information content (AvgIpc) is 2.31. The van der Waals surface area contributed by atoms with Gasteiger partial charge >= 0.3 is 10.8 Å². The average molecular weight is 271 g/mol. The maximum Gasteiger partial charge on any atom is 0.396 e. The Kier molecular flexibility index (Phi) is 4.29. The molecular weight excluding hydrogens is 258 g/mol. The van der Waals surface area contributed by atoms with E-state index in [0.29, 0.717) is 12.8 Å². The molecule has 0 radical (unpaired) electrons. The van der Waals surface area contributed by atoms with Crippen LogP contribution in [0.1, 0.15) is 38.5 Å². The van der Waals surface area contributed by atoms with Gasteiger partial charge in [-0.2, -0.15) is 8.78 Å². The third kappa shape index (κ3) is 3.90. The van der Waals surface area contributed by atoms with E-state index in [0.717, 1.165) is 25.7 Å². The SMILES string of the molecule is O=C(OC1CCCCCC1)C(F)(F)Br. The van der Waals surface area contributed by atoms with Crippen molar-refractivity contribution in [3.05, 3.63) is 0 Å². The van der Waals surface area contributed by atoms with Crippen molar-refractivity contribution in [2.45, 2.75) is 49.5 Å². The summed E-state index contributed by atoms with van der Waals surface area (Å²) >= 11 is 1.98. The Bertz CT molecular complexity index is 195. The molecule has 0 aromatic heterocycles. The maximum atomic E-state index is 12.4. The van der Waals surface area contributed by atoms with Crippen LogP contribution in [0.25, 0.3) is 0 Å². The normalized spacial score (nSPS) is 20.2. The largest absolute Gasteiger partial charge is 0.457 e. The zero-order chi connectivity index (χ0) is 10.6. The number of ether oxygens (including phenoxy) is 1. The Hall–Kier alpha value is -0.190. The van der Waals surface area contributed by atoms with Crippen LogP contribution in [-0.4, -0.2) is 16.9 Å². The third-order valence-electron chi connectivity index (χ3n) is 2.31. The smallest absolute Gasteiger partial charge is 0.396 e. The Labute approximate surface area is 90.1 Å². The number of carbonyl (C=O) groups is 1. The predicted molar refractivity (Wildman–Crippen MR) is 51.5 cm³/mol. The van der Waals surface area contributed by atoms with E-state index in [1.54, 1.807) is 0 Å². The van der Waals surface area contributed by atoms with Crippen molar-refractivity contribution in [3.63, 3.8) is 0 Å². The molecule has 0 aliphatic heterocycles. The predicted octanol–water partition coefficient (Wildman–Crippen LogP) is 3.24. The van der Waals surface area contributed by atoms with Gasteiger partial charge in [0, 0.05) is 15.9 Å². The van der Waals surface area contributed by atoms with Crippen LogP contribution in [0.3, 0.4) is 0 Å². The minimum Gasteiger partial charge on any atom is -0.457 e. The summed E-state index contributed by atoms with van der Waals surface area (Å²) in [7, 11) is 0. The Morgan fingerprint density at radius 2 is 1.71 bits per heavy atom. The van der Waals surface area contributed by atoms with Crippen molar-refractivity contribution in [1.82, 2.24) is 0 Å². The number of alkyl halides is 3. The first-order valence-electron chi connectivity index (χ1n) is 4.78. The van der Waals surface area contributed by atoms with Crippen LogP contribution in [0, 0.1) is 0 Å². The molecule has 0 aromatic rings. The quantitative estimate of drug-likeness (QED) is 0.438. The highest BCUT2D eigenvalue weighted by Gasteiger charge is 2.38. The van der Waals surface area contributed by atoms with Gasteiger partial charge < -0.3 is 4.74 Å². The van der Waals surface area contributed by atoms with Gasteiger partial charge in [0.1, 0.15) is 6.10 Å². The van der Waals surface area contributed by atoms with Crippen LogP contribution in [0.5, 0.6) is 0 Å². The second kappa shape index (κ2) is 5.05. The maximum absolute atomic E-state index is 12.4. The van der Waals surface area contributed by atoms with Crippen LogP contribution >= 0.6 is 15.9 Å². The fourth-order valence-corrected chi connectivity index (χ4v) is 1.67. The van der Waals surface area contributed by atoms with Gasteiger partial charge in [0.05, 0.1) is 0 Å². The number of hydrogen-bond donors (Lipinski definition) is 0. The first kappa shape index (κ1) is 11.9. The molecule has 0 saturated heterocycles. The zero-order valence-corrected chi connectivity index (χ0v) is 9.36. The molecule has 0 amide bonds. The molecular formula is C9H13BrF2O2. The van der Waals surface area contributed by atoms with E-state index in [2.05, 4.69) is 0 Å². The van der Waals surface area contributed by atoms with Crippen LogP contribution in [0.2, 0.25) is 0 Å². The monoisotopic (exact) mass is 270 g/mol. The molecule has 2 nitrogen and oxygen atoms in total. The molecule has 1 fully saturated rings. The van der Waals surface area contributed by atoms with Gasteiger partial charge in [0.15, 0.2) is 0 Å². The van der Waals surface area contributed by atoms with Crippen molar-refractivity contribution in [2.75, 3.05) is 0 Å². The number of hydrogen-bond acceptors (Lipinski definition) is 2. The second-order valence-corrected chi connectivity index (χ2v) is 4.51. The molecule has 0 atom stereocenters. The highest BCUT2D eigenvalue weighted by molar-refractivity contribution is 9.10. The van der Waals surface area contributed by atoms with Gasteiger partial charge in [-0.05, 0) is 25.7 Å². The van der Waals surface area contributed by atoms with Gasteiger partial charge in [-0.25, -0.2) is 4.79 Å². The first-order chi connectivity index (χ1) is 6.50. The third-order valence-corrected chi connectivity index (χ3v) is 2.63. The number of halogens is 3. The van der Waals surface area contributed by atoms with Crippen molar-refractivity contribution in [3.8, 4) is 0 Å². The lowest BCUT2D eigenvalue weighted by Gasteiger charge is -2.17. The molecule has 0 unspecified atom stereocenters. The summed E-state index contributed by atoms with van der Waals surface area (Å²) in [6.07, 6.45) is 5.17. The van der Waals surface area contributed by atoms with Gasteiger partial charge in [0.25, 0.3) is 0 Å². The van der Waals surface area contributed by atoms with Crippen LogP contribution < -0.4 is 0 Å². The molecule has 1 saturated carbocycles. The summed E-state index contributed by atoms with van der Waals surface area (Å²) in [4.78, 5) is 7.28. The van der Waals surface area contributed by atoms with E-state index >= 15 is 0 Å². The molecule has 0 spiro atoms. The van der Waals surface area contributed by atoms with Crippen LogP contribution in [0.15, 0.2) is 0 Å². The second-order valence-electron chi connectivity index (χ2n) is 3.52. The molecule has 1 aliphatic carbocycles. The van der Waals surface area contributed by atoms with Crippen molar-refractivity contribution < 1.29 is 18.3 Å². The zero-order valence-electron chi connectivity index (χ0n) is 7.77. The van der Waals surface area contributed by atoms with E-state index in [9.17, 15) is 13.6 Å². The van der Waals surface area contributed by atoms with E-state index in [-0.39, 0.29) is 6.10 Å². The molecule has 1 rings (SSSR count). The Morgan fingerprint density at radius 3 is 2.14 bits per heavy atom. The molecule has 0 heterocycles. The van der Waals surface area contributed by atoms with Gasteiger partial charge in [-0.1, -0.05) is 12.8 Å². The van der Waals surface area contributed by atoms with Gasteiger partial charge in [-0.15, -0.1) is 0 Å². The number of esters is 1. The molecule has 1 aliphatic rings.